The number of aromatic amines is 1. The quantitative estimate of drug-likeness (QED) is 0.142. The Balaban J connectivity index is 3.05. The van der Waals surface area contributed by atoms with Gasteiger partial charge in [-0.3, -0.25) is 14.4 Å². The average molecular weight is 510 g/mol. The van der Waals surface area contributed by atoms with E-state index in [0.717, 1.165) is 0 Å². The Labute approximate surface area is 212 Å². The highest BCUT2D eigenvalue weighted by Crippen LogP contribution is 2.11. The third-order valence-electron chi connectivity index (χ3n) is 6.03. The highest BCUT2D eigenvalue weighted by atomic mass is 16.4. The summed E-state index contributed by atoms with van der Waals surface area (Å²) in [5, 5.41) is 17.5. The Morgan fingerprint density at radius 1 is 1.03 bits per heavy atom. The van der Waals surface area contributed by atoms with Gasteiger partial charge in [-0.1, -0.05) is 34.1 Å². The Morgan fingerprint density at radius 3 is 2.22 bits per heavy atom. The van der Waals surface area contributed by atoms with Crippen LogP contribution in [0, 0.1) is 11.8 Å². The molecule has 12 nitrogen and oxygen atoms in total. The molecule has 1 rings (SSSR count). The first-order valence-electron chi connectivity index (χ1n) is 12.6. The summed E-state index contributed by atoms with van der Waals surface area (Å²) in [6, 6.07) is -3.90. The minimum Gasteiger partial charge on any atom is -0.480 e. The summed E-state index contributed by atoms with van der Waals surface area (Å²) in [4.78, 5) is 57.6. The SMILES string of the molecule is CCC(C)C(NC(=O)C(N)CC(C)C)C(=O)NC(Cc1cnc[nH]1)C(=O)NC(CCCCN)C(=O)O. The number of imidazole rings is 1. The molecule has 0 saturated heterocycles. The van der Waals surface area contributed by atoms with E-state index in [-0.39, 0.29) is 24.7 Å². The van der Waals surface area contributed by atoms with Gasteiger partial charge >= 0.3 is 5.97 Å². The Morgan fingerprint density at radius 2 is 1.69 bits per heavy atom. The van der Waals surface area contributed by atoms with Crippen LogP contribution in [-0.4, -0.2) is 69.5 Å². The van der Waals surface area contributed by atoms with E-state index in [9.17, 15) is 24.3 Å². The molecule has 5 atom stereocenters. The molecule has 9 N–H and O–H groups in total. The van der Waals surface area contributed by atoms with Crippen molar-refractivity contribution in [1.82, 2.24) is 25.9 Å². The molecule has 0 aliphatic rings. The summed E-state index contributed by atoms with van der Waals surface area (Å²) in [7, 11) is 0. The van der Waals surface area contributed by atoms with Crippen molar-refractivity contribution in [3.05, 3.63) is 18.2 Å². The number of nitrogens with zero attached hydrogens (tertiary/aromatic N) is 1. The Kier molecular flexibility index (Phi) is 13.7. The second kappa shape index (κ2) is 15.9. The summed E-state index contributed by atoms with van der Waals surface area (Å²) in [5.41, 5.74) is 12.1. The van der Waals surface area contributed by atoms with Crippen LogP contribution >= 0.6 is 0 Å². The van der Waals surface area contributed by atoms with Crippen molar-refractivity contribution in [3.63, 3.8) is 0 Å². The number of rotatable bonds is 17. The summed E-state index contributed by atoms with van der Waals surface area (Å²) in [6.45, 7) is 8.03. The van der Waals surface area contributed by atoms with Crippen LogP contribution in [0.25, 0.3) is 0 Å². The molecule has 12 heteroatoms. The fraction of sp³-hybridized carbons (Fsp3) is 0.708. The molecule has 0 fully saturated rings. The molecule has 3 amide bonds. The number of hydrogen-bond donors (Lipinski definition) is 7. The monoisotopic (exact) mass is 509 g/mol. The van der Waals surface area contributed by atoms with Crippen LogP contribution in [0.5, 0.6) is 0 Å². The molecule has 0 aliphatic heterocycles. The number of carbonyl (C=O) groups excluding carboxylic acids is 3. The average Bonchev–Trinajstić information content (AvgIpc) is 3.33. The number of aromatic nitrogens is 2. The number of hydrogen-bond acceptors (Lipinski definition) is 7. The summed E-state index contributed by atoms with van der Waals surface area (Å²) < 4.78 is 0. The van der Waals surface area contributed by atoms with Crippen LogP contribution in [-0.2, 0) is 25.6 Å². The first-order chi connectivity index (χ1) is 17.0. The molecule has 1 aromatic rings. The van der Waals surface area contributed by atoms with Crippen molar-refractivity contribution < 1.29 is 24.3 Å². The molecule has 1 heterocycles. The van der Waals surface area contributed by atoms with Gasteiger partial charge < -0.3 is 37.5 Å². The van der Waals surface area contributed by atoms with Crippen molar-refractivity contribution in [1.29, 1.82) is 0 Å². The number of carboxylic acids is 1. The maximum atomic E-state index is 13.3. The van der Waals surface area contributed by atoms with Crippen LogP contribution in [0.3, 0.4) is 0 Å². The van der Waals surface area contributed by atoms with E-state index >= 15 is 0 Å². The molecule has 204 valence electrons. The highest BCUT2D eigenvalue weighted by molar-refractivity contribution is 5.94. The maximum Gasteiger partial charge on any atom is 0.326 e. The van der Waals surface area contributed by atoms with Crippen LogP contribution in [0.4, 0.5) is 0 Å². The lowest BCUT2D eigenvalue weighted by atomic mass is 9.96. The molecule has 0 spiro atoms. The fourth-order valence-electron chi connectivity index (χ4n) is 3.69. The standard InChI is InChI=1S/C24H43N7O5/c1-5-15(4)20(31-21(32)17(26)10-14(2)3)23(34)30-19(11-16-12-27-13-28-16)22(33)29-18(24(35)36)8-6-7-9-25/h12-15,17-20H,5-11,25-26H2,1-4H3,(H,27,28)(H,29,33)(H,30,34)(H,31,32)(H,35,36). The molecule has 1 aromatic heterocycles. The number of amides is 3. The third kappa shape index (κ3) is 10.7. The Hall–Kier alpha value is -2.99. The molecule has 36 heavy (non-hydrogen) atoms. The largest absolute Gasteiger partial charge is 0.480 e. The number of nitrogens with two attached hydrogens (primary N) is 2. The fourth-order valence-corrected chi connectivity index (χ4v) is 3.69. The molecule has 5 unspecified atom stereocenters. The van der Waals surface area contributed by atoms with E-state index < -0.39 is 47.9 Å². The van der Waals surface area contributed by atoms with Gasteiger partial charge in [0.05, 0.1) is 12.4 Å². The number of H-pyrrole nitrogens is 1. The van der Waals surface area contributed by atoms with Gasteiger partial charge in [-0.05, 0) is 44.1 Å². The number of carboxylic acid groups (broad SMARTS) is 1. The second-order valence-electron chi connectivity index (χ2n) is 9.63. The highest BCUT2D eigenvalue weighted by Gasteiger charge is 2.32. The van der Waals surface area contributed by atoms with E-state index in [1.54, 1.807) is 0 Å². The predicted octanol–water partition coefficient (Wildman–Crippen LogP) is 0.0397. The zero-order chi connectivity index (χ0) is 27.3. The van der Waals surface area contributed by atoms with Gasteiger partial charge in [-0.2, -0.15) is 0 Å². The van der Waals surface area contributed by atoms with Crippen molar-refractivity contribution in [2.75, 3.05) is 6.54 Å². The molecule has 0 radical (unpaired) electrons. The number of nitrogens with one attached hydrogen (secondary N) is 4. The van der Waals surface area contributed by atoms with Gasteiger partial charge in [0.25, 0.3) is 0 Å². The molecule has 0 aromatic carbocycles. The molecular formula is C24H43N7O5. The second-order valence-corrected chi connectivity index (χ2v) is 9.63. The van der Waals surface area contributed by atoms with E-state index in [1.165, 1.54) is 12.5 Å². The van der Waals surface area contributed by atoms with Crippen molar-refractivity contribution in [2.45, 2.75) is 90.4 Å². The molecular weight excluding hydrogens is 466 g/mol. The van der Waals surface area contributed by atoms with Crippen LogP contribution in [0.1, 0.15) is 65.5 Å². The van der Waals surface area contributed by atoms with E-state index in [1.807, 2.05) is 27.7 Å². The van der Waals surface area contributed by atoms with E-state index in [2.05, 4.69) is 25.9 Å². The van der Waals surface area contributed by atoms with Gasteiger partial charge in [-0.15, -0.1) is 0 Å². The van der Waals surface area contributed by atoms with Crippen molar-refractivity contribution in [3.8, 4) is 0 Å². The maximum absolute atomic E-state index is 13.3. The summed E-state index contributed by atoms with van der Waals surface area (Å²) in [6.07, 6.45) is 5.44. The molecule has 0 aliphatic carbocycles. The minimum atomic E-state index is -1.17. The molecule has 0 saturated carbocycles. The topological polar surface area (TPSA) is 205 Å². The Bertz CT molecular complexity index is 831. The van der Waals surface area contributed by atoms with Gasteiger partial charge in [0.1, 0.15) is 18.1 Å². The van der Waals surface area contributed by atoms with Crippen LogP contribution < -0.4 is 27.4 Å². The number of unbranched alkanes of at least 4 members (excludes halogenated alkanes) is 1. The lowest BCUT2D eigenvalue weighted by Crippen LogP contribution is -2.59. The summed E-state index contributed by atoms with van der Waals surface area (Å²) >= 11 is 0. The zero-order valence-corrected chi connectivity index (χ0v) is 21.8. The minimum absolute atomic E-state index is 0.0563. The predicted molar refractivity (Wildman–Crippen MR) is 136 cm³/mol. The van der Waals surface area contributed by atoms with Crippen LogP contribution in [0.2, 0.25) is 0 Å². The smallest absolute Gasteiger partial charge is 0.326 e. The lowest BCUT2D eigenvalue weighted by Gasteiger charge is -2.28. The van der Waals surface area contributed by atoms with Crippen molar-refractivity contribution >= 4 is 23.7 Å². The zero-order valence-electron chi connectivity index (χ0n) is 21.8. The number of carbonyl (C=O) groups is 4. The first kappa shape index (κ1) is 31.0. The molecule has 0 bridgehead atoms. The van der Waals surface area contributed by atoms with E-state index in [0.29, 0.717) is 37.9 Å². The van der Waals surface area contributed by atoms with E-state index in [4.69, 9.17) is 11.5 Å². The lowest BCUT2D eigenvalue weighted by molar-refractivity contribution is -0.142. The summed E-state index contributed by atoms with van der Waals surface area (Å²) in [5.74, 6) is -2.84. The van der Waals surface area contributed by atoms with Gasteiger partial charge in [0.2, 0.25) is 17.7 Å². The third-order valence-corrected chi connectivity index (χ3v) is 6.03. The normalized spacial score (nSPS) is 15.4. The number of aliphatic carboxylic acids is 1. The van der Waals surface area contributed by atoms with Gasteiger partial charge in [0, 0.05) is 18.3 Å². The van der Waals surface area contributed by atoms with Crippen molar-refractivity contribution in [2.24, 2.45) is 23.3 Å². The first-order valence-corrected chi connectivity index (χ1v) is 12.6. The van der Waals surface area contributed by atoms with Gasteiger partial charge in [-0.25, -0.2) is 9.78 Å². The van der Waals surface area contributed by atoms with Gasteiger partial charge in [0.15, 0.2) is 0 Å². The van der Waals surface area contributed by atoms with Crippen LogP contribution in [0.15, 0.2) is 12.5 Å².